The van der Waals surface area contributed by atoms with Crippen LogP contribution in [0, 0.1) is 0 Å². The van der Waals surface area contributed by atoms with E-state index in [2.05, 4.69) is 44.3 Å². The Labute approximate surface area is 136 Å². The van der Waals surface area contributed by atoms with Crippen molar-refractivity contribution in [1.29, 1.82) is 0 Å². The molecule has 1 aromatic carbocycles. The number of benzene rings is 1. The molecule has 4 heteroatoms. The van der Waals surface area contributed by atoms with Crippen molar-refractivity contribution in [3.05, 3.63) is 33.8 Å². The molecule has 116 valence electrons. The van der Waals surface area contributed by atoms with E-state index in [1.165, 1.54) is 47.8 Å². The molecule has 2 aliphatic rings. The Morgan fingerprint density at radius 1 is 1.38 bits per heavy atom. The van der Waals surface area contributed by atoms with E-state index in [0.29, 0.717) is 12.1 Å². The Kier molecular flexibility index (Phi) is 5.33. The highest BCUT2D eigenvalue weighted by Gasteiger charge is 2.29. The van der Waals surface area contributed by atoms with E-state index in [0.717, 1.165) is 19.7 Å². The first kappa shape index (κ1) is 15.5. The fourth-order valence-corrected chi connectivity index (χ4v) is 4.13. The van der Waals surface area contributed by atoms with Gasteiger partial charge in [-0.05, 0) is 55.5 Å². The van der Waals surface area contributed by atoms with Gasteiger partial charge in [-0.2, -0.15) is 0 Å². The van der Waals surface area contributed by atoms with Crippen molar-refractivity contribution in [3.8, 4) is 0 Å². The van der Waals surface area contributed by atoms with Gasteiger partial charge in [0.15, 0.2) is 0 Å². The Morgan fingerprint density at radius 2 is 2.29 bits per heavy atom. The molecule has 0 radical (unpaired) electrons. The van der Waals surface area contributed by atoms with Crippen LogP contribution in [-0.4, -0.2) is 44.3 Å². The second kappa shape index (κ2) is 7.23. The van der Waals surface area contributed by atoms with Gasteiger partial charge < -0.3 is 10.1 Å². The van der Waals surface area contributed by atoms with Gasteiger partial charge in [-0.25, -0.2) is 0 Å². The van der Waals surface area contributed by atoms with E-state index in [4.69, 9.17) is 4.74 Å². The van der Waals surface area contributed by atoms with Crippen LogP contribution in [0.5, 0.6) is 0 Å². The number of halogens is 1. The molecule has 2 unspecified atom stereocenters. The van der Waals surface area contributed by atoms with Gasteiger partial charge in [0.2, 0.25) is 0 Å². The fourth-order valence-electron chi connectivity index (χ4n) is 3.72. The zero-order valence-electron chi connectivity index (χ0n) is 12.8. The summed E-state index contributed by atoms with van der Waals surface area (Å²) in [4.78, 5) is 2.63. The van der Waals surface area contributed by atoms with Crippen LogP contribution in [0.3, 0.4) is 0 Å². The SMILES string of the molecule is COCCN(CC1CCCN1)C1CCc2cc(Br)ccc21. The maximum absolute atomic E-state index is 5.33. The summed E-state index contributed by atoms with van der Waals surface area (Å²) in [7, 11) is 1.80. The van der Waals surface area contributed by atoms with Crippen molar-refractivity contribution in [2.75, 3.05) is 33.4 Å². The minimum atomic E-state index is 0.561. The maximum Gasteiger partial charge on any atom is 0.0589 e. The minimum Gasteiger partial charge on any atom is -0.383 e. The maximum atomic E-state index is 5.33. The van der Waals surface area contributed by atoms with Crippen molar-refractivity contribution < 1.29 is 4.74 Å². The van der Waals surface area contributed by atoms with E-state index in [9.17, 15) is 0 Å². The summed E-state index contributed by atoms with van der Waals surface area (Å²) in [5, 5.41) is 3.63. The zero-order chi connectivity index (χ0) is 14.7. The van der Waals surface area contributed by atoms with Crippen molar-refractivity contribution in [3.63, 3.8) is 0 Å². The van der Waals surface area contributed by atoms with Crippen molar-refractivity contribution >= 4 is 15.9 Å². The average molecular weight is 353 g/mol. The number of rotatable bonds is 6. The summed E-state index contributed by atoms with van der Waals surface area (Å²) in [6, 6.07) is 7.99. The van der Waals surface area contributed by atoms with Crippen molar-refractivity contribution in [2.24, 2.45) is 0 Å². The van der Waals surface area contributed by atoms with Gasteiger partial charge in [-0.1, -0.05) is 22.0 Å². The van der Waals surface area contributed by atoms with Gasteiger partial charge in [0.1, 0.15) is 0 Å². The van der Waals surface area contributed by atoms with Gasteiger partial charge in [-0.3, -0.25) is 4.90 Å². The van der Waals surface area contributed by atoms with E-state index < -0.39 is 0 Å². The number of nitrogens with zero attached hydrogens (tertiary/aromatic N) is 1. The molecule has 1 aliphatic heterocycles. The minimum absolute atomic E-state index is 0.561. The summed E-state index contributed by atoms with van der Waals surface area (Å²) in [5.74, 6) is 0. The lowest BCUT2D eigenvalue weighted by Gasteiger charge is -2.31. The number of aryl methyl sites for hydroxylation is 1. The van der Waals surface area contributed by atoms with Crippen LogP contribution in [-0.2, 0) is 11.2 Å². The number of hydrogen-bond acceptors (Lipinski definition) is 3. The molecule has 1 aromatic rings. The third-order valence-electron chi connectivity index (χ3n) is 4.79. The molecule has 1 saturated heterocycles. The quantitative estimate of drug-likeness (QED) is 0.850. The predicted octanol–water partition coefficient (Wildman–Crippen LogP) is 3.14. The Morgan fingerprint density at radius 3 is 3.05 bits per heavy atom. The van der Waals surface area contributed by atoms with Gasteiger partial charge in [-0.15, -0.1) is 0 Å². The Hall–Kier alpha value is -0.420. The number of hydrogen-bond donors (Lipinski definition) is 1. The summed E-state index contributed by atoms with van der Waals surface area (Å²) in [6.45, 7) is 4.16. The number of ether oxygens (including phenoxy) is 1. The molecule has 0 aromatic heterocycles. The molecule has 1 heterocycles. The van der Waals surface area contributed by atoms with E-state index >= 15 is 0 Å². The second-order valence-electron chi connectivity index (χ2n) is 6.18. The summed E-state index contributed by atoms with van der Waals surface area (Å²) in [5.41, 5.74) is 3.03. The van der Waals surface area contributed by atoms with Gasteiger partial charge in [0, 0.05) is 36.8 Å². The van der Waals surface area contributed by atoms with Crippen LogP contribution in [0.2, 0.25) is 0 Å². The largest absolute Gasteiger partial charge is 0.383 e. The lowest BCUT2D eigenvalue weighted by Crippen LogP contribution is -2.40. The molecule has 0 bridgehead atoms. The van der Waals surface area contributed by atoms with Crippen LogP contribution >= 0.6 is 15.9 Å². The molecule has 0 saturated carbocycles. The van der Waals surface area contributed by atoms with Crippen LogP contribution in [0.1, 0.15) is 36.4 Å². The topological polar surface area (TPSA) is 24.5 Å². The fraction of sp³-hybridized carbons (Fsp3) is 0.647. The first-order chi connectivity index (χ1) is 10.3. The van der Waals surface area contributed by atoms with Gasteiger partial charge >= 0.3 is 0 Å². The highest BCUT2D eigenvalue weighted by Crippen LogP contribution is 2.37. The molecular weight excluding hydrogens is 328 g/mol. The lowest BCUT2D eigenvalue weighted by atomic mass is 10.1. The second-order valence-corrected chi connectivity index (χ2v) is 7.09. The van der Waals surface area contributed by atoms with Crippen LogP contribution < -0.4 is 5.32 Å². The highest BCUT2D eigenvalue weighted by atomic mass is 79.9. The Balaban J connectivity index is 1.74. The average Bonchev–Trinajstić information content (AvgIpc) is 3.12. The molecule has 2 atom stereocenters. The predicted molar refractivity (Wildman–Crippen MR) is 89.7 cm³/mol. The molecule has 0 spiro atoms. The smallest absolute Gasteiger partial charge is 0.0589 e. The van der Waals surface area contributed by atoms with E-state index in [-0.39, 0.29) is 0 Å². The third kappa shape index (κ3) is 3.67. The number of nitrogens with one attached hydrogen (secondary N) is 1. The first-order valence-corrected chi connectivity index (χ1v) is 8.82. The van der Waals surface area contributed by atoms with Crippen LogP contribution in [0.4, 0.5) is 0 Å². The normalized spacial score (nSPS) is 24.7. The monoisotopic (exact) mass is 352 g/mol. The zero-order valence-corrected chi connectivity index (χ0v) is 14.4. The Bertz CT molecular complexity index is 474. The van der Waals surface area contributed by atoms with Gasteiger partial charge in [0.05, 0.1) is 6.61 Å². The molecule has 3 nitrogen and oxygen atoms in total. The highest BCUT2D eigenvalue weighted by molar-refractivity contribution is 9.10. The number of fused-ring (bicyclic) bond motifs is 1. The van der Waals surface area contributed by atoms with Gasteiger partial charge in [0.25, 0.3) is 0 Å². The van der Waals surface area contributed by atoms with Crippen molar-refractivity contribution in [1.82, 2.24) is 10.2 Å². The third-order valence-corrected chi connectivity index (χ3v) is 5.29. The standard InChI is InChI=1S/C17H25BrN2O/c1-21-10-9-20(12-15-3-2-8-19-15)17-7-4-13-11-14(18)5-6-16(13)17/h5-6,11,15,17,19H,2-4,7-10,12H2,1H3. The molecule has 0 amide bonds. The van der Waals surface area contributed by atoms with E-state index in [1.807, 2.05) is 0 Å². The van der Waals surface area contributed by atoms with E-state index in [1.54, 1.807) is 7.11 Å². The molecule has 3 rings (SSSR count). The summed E-state index contributed by atoms with van der Waals surface area (Å²) in [6.07, 6.45) is 5.06. The summed E-state index contributed by atoms with van der Waals surface area (Å²) >= 11 is 3.59. The molecule has 1 fully saturated rings. The molecule has 1 N–H and O–H groups in total. The van der Waals surface area contributed by atoms with Crippen LogP contribution in [0.15, 0.2) is 22.7 Å². The summed E-state index contributed by atoms with van der Waals surface area (Å²) < 4.78 is 6.53. The molecular formula is C17H25BrN2O. The first-order valence-electron chi connectivity index (χ1n) is 8.02. The van der Waals surface area contributed by atoms with Crippen LogP contribution in [0.25, 0.3) is 0 Å². The molecule has 21 heavy (non-hydrogen) atoms. The lowest BCUT2D eigenvalue weighted by molar-refractivity contribution is 0.112. The number of methoxy groups -OCH3 is 1. The molecule has 1 aliphatic carbocycles. The van der Waals surface area contributed by atoms with Crippen molar-refractivity contribution in [2.45, 2.75) is 37.8 Å².